The molecule has 1 atom stereocenters. The Labute approximate surface area is 124 Å². The van der Waals surface area contributed by atoms with Crippen LogP contribution in [0.25, 0.3) is 0 Å². The Morgan fingerprint density at radius 2 is 2.00 bits per heavy atom. The first-order valence-electron chi connectivity index (χ1n) is 7.18. The molecule has 0 fully saturated rings. The summed E-state index contributed by atoms with van der Waals surface area (Å²) in [5, 5.41) is 8.64. The van der Waals surface area contributed by atoms with E-state index < -0.39 is 0 Å². The maximum Gasteiger partial charge on any atom is 0.0834 e. The molecular formula is C16H20ClN3. The molecule has 0 amide bonds. The summed E-state index contributed by atoms with van der Waals surface area (Å²) in [5.74, 6) is 0.542. The highest BCUT2D eigenvalue weighted by Crippen LogP contribution is 2.37. The summed E-state index contributed by atoms with van der Waals surface area (Å²) < 4.78 is 1.90. The Balaban J connectivity index is 1.90. The zero-order chi connectivity index (χ0) is 14.1. The van der Waals surface area contributed by atoms with Gasteiger partial charge in [0, 0.05) is 7.05 Å². The summed E-state index contributed by atoms with van der Waals surface area (Å²) in [4.78, 5) is 0. The van der Waals surface area contributed by atoms with Crippen molar-refractivity contribution in [2.45, 2.75) is 25.8 Å². The van der Waals surface area contributed by atoms with Gasteiger partial charge >= 0.3 is 0 Å². The SMILES string of the molecule is CCNC(c1c(Cl)cnn1C)C1Cc2ccccc2C1. The van der Waals surface area contributed by atoms with Crippen LogP contribution < -0.4 is 5.32 Å². The molecule has 4 heteroatoms. The van der Waals surface area contributed by atoms with Crippen molar-refractivity contribution in [2.24, 2.45) is 13.0 Å². The molecule has 0 radical (unpaired) electrons. The van der Waals surface area contributed by atoms with Gasteiger partial charge < -0.3 is 5.32 Å². The first kappa shape index (κ1) is 13.7. The molecule has 0 saturated heterocycles. The highest BCUT2D eigenvalue weighted by Gasteiger charge is 2.32. The van der Waals surface area contributed by atoms with Crippen LogP contribution in [-0.4, -0.2) is 16.3 Å². The third-order valence-electron chi connectivity index (χ3n) is 4.21. The summed E-state index contributed by atoms with van der Waals surface area (Å²) in [6, 6.07) is 8.99. The molecule has 1 N–H and O–H groups in total. The largest absolute Gasteiger partial charge is 0.309 e. The molecule has 20 heavy (non-hydrogen) atoms. The fourth-order valence-electron chi connectivity index (χ4n) is 3.31. The van der Waals surface area contributed by atoms with Crippen LogP contribution in [-0.2, 0) is 19.9 Å². The number of nitrogens with one attached hydrogen (secondary N) is 1. The summed E-state index contributed by atoms with van der Waals surface area (Å²) >= 11 is 6.34. The highest BCUT2D eigenvalue weighted by molar-refractivity contribution is 6.31. The Morgan fingerprint density at radius 3 is 2.50 bits per heavy atom. The Kier molecular flexibility index (Phi) is 3.81. The smallest absolute Gasteiger partial charge is 0.0834 e. The topological polar surface area (TPSA) is 29.9 Å². The molecule has 106 valence electrons. The van der Waals surface area contributed by atoms with Crippen molar-refractivity contribution in [3.05, 3.63) is 52.3 Å². The lowest BCUT2D eigenvalue weighted by Gasteiger charge is -2.25. The van der Waals surface area contributed by atoms with Crippen LogP contribution in [0.1, 0.15) is 29.8 Å². The first-order valence-corrected chi connectivity index (χ1v) is 7.56. The molecule has 1 unspecified atom stereocenters. The van der Waals surface area contributed by atoms with Crippen LogP contribution in [0, 0.1) is 5.92 Å². The van der Waals surface area contributed by atoms with Gasteiger partial charge in [0.2, 0.25) is 0 Å². The number of hydrogen-bond acceptors (Lipinski definition) is 2. The highest BCUT2D eigenvalue weighted by atomic mass is 35.5. The normalized spacial score (nSPS) is 16.4. The Hall–Kier alpha value is -1.32. The Bertz CT molecular complexity index is 561. The van der Waals surface area contributed by atoms with Crippen LogP contribution in [0.5, 0.6) is 0 Å². The average Bonchev–Trinajstić information content (AvgIpc) is 3.01. The van der Waals surface area contributed by atoms with Crippen molar-refractivity contribution in [3.8, 4) is 0 Å². The predicted molar refractivity (Wildman–Crippen MR) is 82.0 cm³/mol. The van der Waals surface area contributed by atoms with Crippen molar-refractivity contribution in [1.29, 1.82) is 0 Å². The minimum absolute atomic E-state index is 0.257. The van der Waals surface area contributed by atoms with Gasteiger partial charge in [0.05, 0.1) is 23.0 Å². The van der Waals surface area contributed by atoms with Gasteiger partial charge in [0.25, 0.3) is 0 Å². The first-order chi connectivity index (χ1) is 9.70. The zero-order valence-electron chi connectivity index (χ0n) is 11.9. The van der Waals surface area contributed by atoms with Gasteiger partial charge in [0.1, 0.15) is 0 Å². The van der Waals surface area contributed by atoms with Crippen molar-refractivity contribution in [3.63, 3.8) is 0 Å². The number of hydrogen-bond donors (Lipinski definition) is 1. The van der Waals surface area contributed by atoms with E-state index in [0.717, 1.165) is 30.1 Å². The molecular weight excluding hydrogens is 270 g/mol. The number of aromatic nitrogens is 2. The number of fused-ring (bicyclic) bond motifs is 1. The van der Waals surface area contributed by atoms with E-state index in [4.69, 9.17) is 11.6 Å². The lowest BCUT2D eigenvalue weighted by molar-refractivity contribution is 0.362. The summed E-state index contributed by atoms with van der Waals surface area (Å²) in [5.41, 5.74) is 4.05. The van der Waals surface area contributed by atoms with E-state index in [0.29, 0.717) is 5.92 Å². The molecule has 2 aromatic rings. The molecule has 0 aliphatic heterocycles. The van der Waals surface area contributed by atoms with Gasteiger partial charge in [-0.15, -0.1) is 0 Å². The van der Waals surface area contributed by atoms with E-state index in [1.165, 1.54) is 11.1 Å². The van der Waals surface area contributed by atoms with E-state index in [1.54, 1.807) is 6.20 Å². The van der Waals surface area contributed by atoms with Crippen LogP contribution in [0.2, 0.25) is 5.02 Å². The fourth-order valence-corrected chi connectivity index (χ4v) is 3.59. The quantitative estimate of drug-likeness (QED) is 0.937. The minimum atomic E-state index is 0.257. The van der Waals surface area contributed by atoms with Gasteiger partial charge in [-0.25, -0.2) is 0 Å². The molecule has 1 aliphatic carbocycles. The monoisotopic (exact) mass is 289 g/mol. The third kappa shape index (κ3) is 2.36. The van der Waals surface area contributed by atoms with Gasteiger partial charge in [0.15, 0.2) is 0 Å². The summed E-state index contributed by atoms with van der Waals surface area (Å²) in [7, 11) is 1.97. The molecule has 1 aromatic carbocycles. The van der Waals surface area contributed by atoms with Crippen LogP contribution in [0.15, 0.2) is 30.5 Å². The van der Waals surface area contributed by atoms with Gasteiger partial charge in [-0.1, -0.05) is 42.8 Å². The number of rotatable bonds is 4. The second-order valence-electron chi connectivity index (χ2n) is 5.47. The average molecular weight is 290 g/mol. The van der Waals surface area contributed by atoms with E-state index in [9.17, 15) is 0 Å². The summed E-state index contributed by atoms with van der Waals surface area (Å²) in [6.45, 7) is 3.07. The maximum atomic E-state index is 6.34. The van der Waals surface area contributed by atoms with Crippen molar-refractivity contribution in [2.75, 3.05) is 6.54 Å². The minimum Gasteiger partial charge on any atom is -0.309 e. The van der Waals surface area contributed by atoms with E-state index in [1.807, 2.05) is 11.7 Å². The molecule has 0 spiro atoms. The van der Waals surface area contributed by atoms with Crippen molar-refractivity contribution in [1.82, 2.24) is 15.1 Å². The van der Waals surface area contributed by atoms with E-state index >= 15 is 0 Å². The molecule has 1 aliphatic rings. The number of aryl methyl sites for hydroxylation is 1. The van der Waals surface area contributed by atoms with Gasteiger partial charge in [-0.3, -0.25) is 4.68 Å². The molecule has 0 saturated carbocycles. The van der Waals surface area contributed by atoms with Crippen molar-refractivity contribution >= 4 is 11.6 Å². The van der Waals surface area contributed by atoms with Gasteiger partial charge in [-0.2, -0.15) is 5.10 Å². The fraction of sp³-hybridized carbons (Fsp3) is 0.438. The van der Waals surface area contributed by atoms with Crippen LogP contribution in [0.4, 0.5) is 0 Å². The van der Waals surface area contributed by atoms with Crippen LogP contribution in [0.3, 0.4) is 0 Å². The zero-order valence-corrected chi connectivity index (χ0v) is 12.7. The third-order valence-corrected chi connectivity index (χ3v) is 4.50. The second kappa shape index (κ2) is 5.58. The second-order valence-corrected chi connectivity index (χ2v) is 5.88. The van der Waals surface area contributed by atoms with Gasteiger partial charge in [-0.05, 0) is 36.4 Å². The van der Waals surface area contributed by atoms with E-state index in [-0.39, 0.29) is 6.04 Å². The van der Waals surface area contributed by atoms with Crippen LogP contribution >= 0.6 is 11.6 Å². The molecule has 3 rings (SSSR count). The number of halogens is 1. The van der Waals surface area contributed by atoms with Crippen molar-refractivity contribution < 1.29 is 0 Å². The molecule has 0 bridgehead atoms. The predicted octanol–water partition coefficient (Wildman–Crippen LogP) is 3.14. The number of nitrogens with zero attached hydrogens (tertiary/aromatic N) is 2. The molecule has 1 heterocycles. The maximum absolute atomic E-state index is 6.34. The Morgan fingerprint density at radius 1 is 1.35 bits per heavy atom. The lowest BCUT2D eigenvalue weighted by atomic mass is 9.93. The standard InChI is InChI=1S/C16H20ClN3/c1-3-18-15(16-14(17)10-19-20(16)2)13-8-11-6-4-5-7-12(11)9-13/h4-7,10,13,15,18H,3,8-9H2,1-2H3. The van der Waals surface area contributed by atoms with E-state index in [2.05, 4.69) is 41.6 Å². The number of benzene rings is 1. The molecule has 3 nitrogen and oxygen atoms in total. The molecule has 1 aromatic heterocycles. The lowest BCUT2D eigenvalue weighted by Crippen LogP contribution is -2.30. The summed E-state index contributed by atoms with van der Waals surface area (Å²) in [6.07, 6.45) is 3.95.